The summed E-state index contributed by atoms with van der Waals surface area (Å²) in [7, 11) is 3.57. The smallest absolute Gasteiger partial charge is 0.223 e. The van der Waals surface area contributed by atoms with Crippen molar-refractivity contribution < 1.29 is 4.79 Å². The number of nitrogens with zero attached hydrogens (tertiary/aromatic N) is 1. The molecule has 0 unspecified atom stereocenters. The van der Waals surface area contributed by atoms with Crippen molar-refractivity contribution >= 4 is 5.91 Å². The average Bonchev–Trinajstić information content (AvgIpc) is 2.27. The maximum absolute atomic E-state index is 11.4. The first kappa shape index (κ1) is 13.7. The van der Waals surface area contributed by atoms with E-state index in [4.69, 9.17) is 0 Å². The molecule has 0 aromatic heterocycles. The molecule has 1 aromatic rings. The lowest BCUT2D eigenvalue weighted by Crippen LogP contribution is -2.26. The zero-order valence-corrected chi connectivity index (χ0v) is 11.2. The Morgan fingerprint density at radius 3 is 2.35 bits per heavy atom. The van der Waals surface area contributed by atoms with Crippen molar-refractivity contribution in [2.75, 3.05) is 20.6 Å². The second kappa shape index (κ2) is 6.40. The number of carbonyl (C=O) groups is 1. The summed E-state index contributed by atoms with van der Waals surface area (Å²) in [4.78, 5) is 13.0. The molecule has 0 aliphatic heterocycles. The first-order chi connectivity index (χ1) is 8.02. The maximum atomic E-state index is 11.4. The van der Waals surface area contributed by atoms with Crippen LogP contribution in [0, 0.1) is 13.8 Å². The Labute approximate surface area is 104 Å². The number of carbonyl (C=O) groups excluding carboxylic acids is 1. The van der Waals surface area contributed by atoms with Crippen LogP contribution in [-0.2, 0) is 11.3 Å². The molecule has 94 valence electrons. The molecule has 1 N–H and O–H groups in total. The van der Waals surface area contributed by atoms with E-state index in [-0.39, 0.29) is 5.91 Å². The highest BCUT2D eigenvalue weighted by molar-refractivity contribution is 5.75. The largest absolute Gasteiger partial charge is 0.349 e. The molecule has 0 fully saturated rings. The minimum Gasteiger partial charge on any atom is -0.349 e. The van der Waals surface area contributed by atoms with E-state index < -0.39 is 0 Å². The first-order valence-corrected chi connectivity index (χ1v) is 5.98. The molecular weight excluding hydrogens is 212 g/mol. The van der Waals surface area contributed by atoms with E-state index in [2.05, 4.69) is 37.4 Å². The molecule has 0 aliphatic rings. The van der Waals surface area contributed by atoms with Gasteiger partial charge in [0.15, 0.2) is 0 Å². The van der Waals surface area contributed by atoms with E-state index in [9.17, 15) is 4.79 Å². The zero-order valence-electron chi connectivity index (χ0n) is 11.2. The molecule has 1 aromatic carbocycles. The van der Waals surface area contributed by atoms with Gasteiger partial charge in [-0.25, -0.2) is 0 Å². The Balaban J connectivity index is 2.39. The first-order valence-electron chi connectivity index (χ1n) is 5.98. The lowest BCUT2D eigenvalue weighted by molar-refractivity contribution is -0.128. The monoisotopic (exact) mass is 234 g/mol. The number of rotatable bonds is 5. The average molecular weight is 234 g/mol. The molecule has 0 saturated carbocycles. The molecular formula is C14H22N2O. The lowest BCUT2D eigenvalue weighted by atomic mass is 10.0. The summed E-state index contributed by atoms with van der Waals surface area (Å²) in [5.41, 5.74) is 3.94. The van der Waals surface area contributed by atoms with Crippen LogP contribution in [0.5, 0.6) is 0 Å². The summed E-state index contributed by atoms with van der Waals surface area (Å²) in [6.07, 6.45) is 0.554. The van der Waals surface area contributed by atoms with Crippen molar-refractivity contribution in [3.05, 3.63) is 34.9 Å². The molecule has 17 heavy (non-hydrogen) atoms. The fourth-order valence-electron chi connectivity index (χ4n) is 1.76. The van der Waals surface area contributed by atoms with Gasteiger partial charge in [-0.05, 0) is 30.5 Å². The van der Waals surface area contributed by atoms with Crippen molar-refractivity contribution in [1.82, 2.24) is 10.2 Å². The van der Waals surface area contributed by atoms with Crippen LogP contribution in [0.25, 0.3) is 0 Å². The molecule has 3 heteroatoms. The Bertz CT molecular complexity index is 366. The molecule has 0 heterocycles. The highest BCUT2D eigenvalue weighted by atomic mass is 16.2. The van der Waals surface area contributed by atoms with Crippen molar-refractivity contribution in [1.29, 1.82) is 0 Å². The Hall–Kier alpha value is -1.35. The summed E-state index contributed by atoms with van der Waals surface area (Å²) in [6, 6.07) is 6.31. The molecule has 3 nitrogen and oxygen atoms in total. The van der Waals surface area contributed by atoms with Gasteiger partial charge in [0.2, 0.25) is 5.91 Å². The van der Waals surface area contributed by atoms with Gasteiger partial charge in [-0.3, -0.25) is 4.79 Å². The van der Waals surface area contributed by atoms with Gasteiger partial charge in [0.25, 0.3) is 0 Å². The minimum absolute atomic E-state index is 0.166. The van der Waals surface area contributed by atoms with E-state index >= 15 is 0 Å². The maximum Gasteiger partial charge on any atom is 0.223 e. The highest BCUT2D eigenvalue weighted by Gasteiger charge is 2.04. The lowest BCUT2D eigenvalue weighted by Gasteiger charge is -2.12. The zero-order chi connectivity index (χ0) is 12.8. The minimum atomic E-state index is 0.166. The highest BCUT2D eigenvalue weighted by Crippen LogP contribution is 2.12. The summed E-state index contributed by atoms with van der Waals surface area (Å²) >= 11 is 0. The van der Waals surface area contributed by atoms with Gasteiger partial charge >= 0.3 is 0 Å². The summed E-state index contributed by atoms with van der Waals surface area (Å²) in [6.45, 7) is 5.80. The molecule has 1 rings (SSSR count). The van der Waals surface area contributed by atoms with Gasteiger partial charge in [0.1, 0.15) is 0 Å². The van der Waals surface area contributed by atoms with Crippen molar-refractivity contribution in [3.8, 4) is 0 Å². The number of nitrogens with one attached hydrogen (secondary N) is 1. The van der Waals surface area contributed by atoms with Gasteiger partial charge in [-0.1, -0.05) is 18.2 Å². The number of aryl methyl sites for hydroxylation is 2. The normalized spacial score (nSPS) is 10.4. The molecule has 0 aliphatic carbocycles. The van der Waals surface area contributed by atoms with Crippen LogP contribution in [0.3, 0.4) is 0 Å². The third-order valence-corrected chi connectivity index (χ3v) is 2.96. The summed E-state index contributed by atoms with van der Waals surface area (Å²) in [5, 5.41) is 3.32. The third-order valence-electron chi connectivity index (χ3n) is 2.96. The van der Waals surface area contributed by atoms with Gasteiger partial charge in [-0.15, -0.1) is 0 Å². The topological polar surface area (TPSA) is 32.3 Å². The second-order valence-electron chi connectivity index (χ2n) is 4.59. The van der Waals surface area contributed by atoms with Crippen molar-refractivity contribution in [2.24, 2.45) is 0 Å². The molecule has 0 atom stereocenters. The van der Waals surface area contributed by atoms with Crippen LogP contribution in [0.1, 0.15) is 23.1 Å². The molecule has 0 radical (unpaired) electrons. The number of hydrogen-bond donors (Lipinski definition) is 1. The quantitative estimate of drug-likeness (QED) is 0.789. The van der Waals surface area contributed by atoms with Gasteiger partial charge in [0, 0.05) is 33.6 Å². The van der Waals surface area contributed by atoms with E-state index in [1.54, 1.807) is 19.0 Å². The van der Waals surface area contributed by atoms with Gasteiger partial charge in [0.05, 0.1) is 0 Å². The van der Waals surface area contributed by atoms with Crippen LogP contribution < -0.4 is 5.32 Å². The third kappa shape index (κ3) is 4.19. The molecule has 0 bridgehead atoms. The number of benzene rings is 1. The molecule has 0 spiro atoms. The van der Waals surface area contributed by atoms with Crippen LogP contribution in [0.4, 0.5) is 0 Å². The van der Waals surface area contributed by atoms with E-state index in [0.29, 0.717) is 6.42 Å². The fourth-order valence-corrected chi connectivity index (χ4v) is 1.76. The van der Waals surface area contributed by atoms with E-state index in [0.717, 1.165) is 13.1 Å². The Kier molecular flexibility index (Phi) is 5.16. The number of amides is 1. The van der Waals surface area contributed by atoms with E-state index in [1.165, 1.54) is 16.7 Å². The van der Waals surface area contributed by atoms with Crippen molar-refractivity contribution in [2.45, 2.75) is 26.8 Å². The van der Waals surface area contributed by atoms with Gasteiger partial charge < -0.3 is 10.2 Å². The Morgan fingerprint density at radius 1 is 1.24 bits per heavy atom. The standard InChI is InChI=1S/C14H22N2O/c1-11-6-5-7-12(2)13(11)10-15-9-8-14(17)16(3)4/h5-7,15H,8-10H2,1-4H3. The summed E-state index contributed by atoms with van der Waals surface area (Å²) in [5.74, 6) is 0.166. The second-order valence-corrected chi connectivity index (χ2v) is 4.59. The van der Waals surface area contributed by atoms with Crippen LogP contribution >= 0.6 is 0 Å². The van der Waals surface area contributed by atoms with Crippen LogP contribution in [0.2, 0.25) is 0 Å². The summed E-state index contributed by atoms with van der Waals surface area (Å²) < 4.78 is 0. The molecule has 1 amide bonds. The van der Waals surface area contributed by atoms with Gasteiger partial charge in [-0.2, -0.15) is 0 Å². The SMILES string of the molecule is Cc1cccc(C)c1CNCCC(=O)N(C)C. The predicted molar refractivity (Wildman–Crippen MR) is 70.9 cm³/mol. The Morgan fingerprint density at radius 2 is 1.82 bits per heavy atom. The number of hydrogen-bond acceptors (Lipinski definition) is 2. The molecule has 0 saturated heterocycles. The van der Waals surface area contributed by atoms with Crippen LogP contribution in [-0.4, -0.2) is 31.4 Å². The fraction of sp³-hybridized carbons (Fsp3) is 0.500. The van der Waals surface area contributed by atoms with Crippen molar-refractivity contribution in [3.63, 3.8) is 0 Å². The van der Waals surface area contributed by atoms with E-state index in [1.807, 2.05) is 0 Å². The van der Waals surface area contributed by atoms with Crippen LogP contribution in [0.15, 0.2) is 18.2 Å². The predicted octanol–water partition coefficient (Wildman–Crippen LogP) is 1.87.